The van der Waals surface area contributed by atoms with Gasteiger partial charge in [-0.3, -0.25) is 9.35 Å². The highest BCUT2D eigenvalue weighted by atomic mass is 32.2. The monoisotopic (exact) mass is 207 g/mol. The minimum atomic E-state index is -3.89. The number of hydrogen-bond acceptors (Lipinski definition) is 3. The van der Waals surface area contributed by atoms with Crippen molar-refractivity contribution in [3.63, 3.8) is 0 Å². The van der Waals surface area contributed by atoms with Crippen LogP contribution in [0.25, 0.3) is 0 Å². The number of hydrogen-bond donors (Lipinski definition) is 2. The van der Waals surface area contributed by atoms with Gasteiger partial charge in [0.25, 0.3) is 10.1 Å². The van der Waals surface area contributed by atoms with Crippen molar-refractivity contribution in [1.29, 1.82) is 0 Å². The highest BCUT2D eigenvalue weighted by molar-refractivity contribution is 7.88. The molecule has 0 spiro atoms. The fourth-order valence-corrected chi connectivity index (χ4v) is 0.894. The smallest absolute Gasteiger partial charge is 0.287 e. The van der Waals surface area contributed by atoms with E-state index >= 15 is 0 Å². The highest BCUT2D eigenvalue weighted by Crippen LogP contribution is 1.92. The molecule has 0 unspecified atom stereocenters. The molecule has 0 aromatic carbocycles. The van der Waals surface area contributed by atoms with Crippen LogP contribution in [0.5, 0.6) is 0 Å². The maximum absolute atomic E-state index is 9.92. The Hall–Kier alpha value is -1.14. The summed E-state index contributed by atoms with van der Waals surface area (Å²) in [6, 6.07) is 0. The molecule has 0 saturated carbocycles. The number of allylic oxidation sites excluding steroid dienone is 1. The van der Waals surface area contributed by atoms with Gasteiger partial charge in [-0.2, -0.15) is 8.42 Å². The van der Waals surface area contributed by atoms with E-state index in [1.807, 2.05) is 0 Å². The standard InChI is InChI=1S/C4H8O3S.C3H5NO/c1-4(2)3-8(5,6)7;1-2-3(4)5/h3H,1-2H3,(H,5,6,7);2H,1H2,(H2,4,5). The molecule has 0 fully saturated rings. The van der Waals surface area contributed by atoms with Crippen LogP contribution in [0, 0.1) is 0 Å². The zero-order chi connectivity index (χ0) is 11.1. The van der Waals surface area contributed by atoms with Gasteiger partial charge in [-0.05, 0) is 19.9 Å². The Bertz CT molecular complexity index is 298. The molecule has 5 nitrogen and oxygen atoms in total. The van der Waals surface area contributed by atoms with Crippen molar-refractivity contribution in [2.45, 2.75) is 13.8 Å². The molecule has 6 heteroatoms. The van der Waals surface area contributed by atoms with Crippen LogP contribution in [0.2, 0.25) is 0 Å². The number of amides is 1. The molecule has 1 amide bonds. The van der Waals surface area contributed by atoms with Gasteiger partial charge >= 0.3 is 0 Å². The fourth-order valence-electron chi connectivity index (χ4n) is 0.298. The van der Waals surface area contributed by atoms with E-state index in [1.165, 1.54) is 0 Å². The zero-order valence-corrected chi connectivity index (χ0v) is 8.34. The summed E-state index contributed by atoms with van der Waals surface area (Å²) in [4.78, 5) is 9.47. The number of nitrogens with two attached hydrogens (primary N) is 1. The van der Waals surface area contributed by atoms with Crippen molar-refractivity contribution in [3.8, 4) is 0 Å². The van der Waals surface area contributed by atoms with E-state index in [2.05, 4.69) is 12.3 Å². The maximum atomic E-state index is 9.92. The van der Waals surface area contributed by atoms with Gasteiger partial charge in [-0.15, -0.1) is 0 Å². The normalized spacial score (nSPS) is 9.15. The largest absolute Gasteiger partial charge is 0.366 e. The van der Waals surface area contributed by atoms with Crippen molar-refractivity contribution in [2.75, 3.05) is 0 Å². The van der Waals surface area contributed by atoms with Gasteiger partial charge in [0.05, 0.1) is 5.41 Å². The summed E-state index contributed by atoms with van der Waals surface area (Å²) >= 11 is 0. The molecule has 76 valence electrons. The first-order valence-corrected chi connectivity index (χ1v) is 4.73. The third-order valence-electron chi connectivity index (χ3n) is 0.586. The summed E-state index contributed by atoms with van der Waals surface area (Å²) in [6.45, 7) is 6.27. The predicted octanol–water partition coefficient (Wildman–Crippen LogP) is 0.456. The summed E-state index contributed by atoms with van der Waals surface area (Å²) < 4.78 is 27.9. The van der Waals surface area contributed by atoms with Crippen LogP contribution in [0.3, 0.4) is 0 Å². The van der Waals surface area contributed by atoms with Crippen LogP contribution < -0.4 is 5.73 Å². The van der Waals surface area contributed by atoms with Crippen molar-refractivity contribution < 1.29 is 17.8 Å². The fraction of sp³-hybridized carbons (Fsp3) is 0.286. The summed E-state index contributed by atoms with van der Waals surface area (Å²) in [5.74, 6) is -0.481. The van der Waals surface area contributed by atoms with E-state index in [4.69, 9.17) is 4.55 Å². The van der Waals surface area contributed by atoms with Gasteiger partial charge in [-0.25, -0.2) is 0 Å². The molecule has 13 heavy (non-hydrogen) atoms. The van der Waals surface area contributed by atoms with Crippen molar-refractivity contribution in [3.05, 3.63) is 23.6 Å². The lowest BCUT2D eigenvalue weighted by atomic mass is 10.4. The minimum Gasteiger partial charge on any atom is -0.366 e. The number of carbonyl (C=O) groups is 1. The lowest BCUT2D eigenvalue weighted by Crippen LogP contribution is -2.04. The van der Waals surface area contributed by atoms with Crippen molar-refractivity contribution in [2.24, 2.45) is 5.73 Å². The second kappa shape index (κ2) is 6.38. The van der Waals surface area contributed by atoms with Crippen LogP contribution in [0.4, 0.5) is 0 Å². The van der Waals surface area contributed by atoms with E-state index in [1.54, 1.807) is 13.8 Å². The van der Waals surface area contributed by atoms with Crippen molar-refractivity contribution in [1.82, 2.24) is 0 Å². The third-order valence-corrected chi connectivity index (χ3v) is 1.36. The van der Waals surface area contributed by atoms with Gasteiger partial charge in [0, 0.05) is 0 Å². The Balaban J connectivity index is 0. The third kappa shape index (κ3) is 24.8. The summed E-state index contributed by atoms with van der Waals surface area (Å²) in [5.41, 5.74) is 5.10. The van der Waals surface area contributed by atoms with E-state index in [9.17, 15) is 13.2 Å². The minimum absolute atomic E-state index is 0.481. The molecule has 3 N–H and O–H groups in total. The molecule has 0 aliphatic heterocycles. The number of primary amides is 1. The lowest BCUT2D eigenvalue weighted by Gasteiger charge is -1.84. The van der Waals surface area contributed by atoms with E-state index in [0.717, 1.165) is 11.5 Å². The second-order valence-electron chi connectivity index (χ2n) is 2.32. The molecule has 0 rings (SSSR count). The lowest BCUT2D eigenvalue weighted by molar-refractivity contribution is -0.113. The first-order chi connectivity index (χ1) is 5.69. The Labute approximate surface area is 77.7 Å². The molecule has 0 aromatic heterocycles. The number of carbonyl (C=O) groups excluding carboxylic acids is 1. The van der Waals surface area contributed by atoms with Crippen LogP contribution in [-0.2, 0) is 14.9 Å². The molecule has 0 bridgehead atoms. The van der Waals surface area contributed by atoms with Crippen LogP contribution in [-0.4, -0.2) is 18.9 Å². The van der Waals surface area contributed by atoms with E-state index < -0.39 is 16.0 Å². The Morgan fingerprint density at radius 1 is 1.46 bits per heavy atom. The maximum Gasteiger partial charge on any atom is 0.287 e. The molecule has 0 radical (unpaired) electrons. The quantitative estimate of drug-likeness (QED) is 0.507. The van der Waals surface area contributed by atoms with Gasteiger partial charge in [-0.1, -0.05) is 12.2 Å². The van der Waals surface area contributed by atoms with Gasteiger partial charge in [0.15, 0.2) is 0 Å². The molecular formula is C7H13NO4S. The summed E-state index contributed by atoms with van der Waals surface area (Å²) in [5, 5.41) is 0.799. The zero-order valence-electron chi connectivity index (χ0n) is 7.52. The summed E-state index contributed by atoms with van der Waals surface area (Å²) in [6.07, 6.45) is 1.06. The Morgan fingerprint density at radius 2 is 1.77 bits per heavy atom. The average Bonchev–Trinajstić information content (AvgIpc) is 1.83. The Morgan fingerprint density at radius 3 is 1.77 bits per heavy atom. The van der Waals surface area contributed by atoms with Crippen LogP contribution in [0.15, 0.2) is 23.6 Å². The first-order valence-electron chi connectivity index (χ1n) is 3.23. The topological polar surface area (TPSA) is 97.5 Å². The SMILES string of the molecule is C=CC(N)=O.CC(C)=CS(=O)(=O)O. The molecule has 0 atom stereocenters. The van der Waals surface area contributed by atoms with Gasteiger partial charge < -0.3 is 5.73 Å². The van der Waals surface area contributed by atoms with Crippen LogP contribution in [0.1, 0.15) is 13.8 Å². The second-order valence-corrected chi connectivity index (χ2v) is 3.58. The van der Waals surface area contributed by atoms with E-state index in [-0.39, 0.29) is 0 Å². The Kier molecular flexibility index (Phi) is 7.07. The molecule has 0 saturated heterocycles. The van der Waals surface area contributed by atoms with Gasteiger partial charge in [0.2, 0.25) is 5.91 Å². The molecule has 0 heterocycles. The van der Waals surface area contributed by atoms with Gasteiger partial charge in [0.1, 0.15) is 0 Å². The predicted molar refractivity (Wildman–Crippen MR) is 50.4 cm³/mol. The molecular weight excluding hydrogens is 194 g/mol. The highest BCUT2D eigenvalue weighted by Gasteiger charge is 1.94. The van der Waals surface area contributed by atoms with Crippen molar-refractivity contribution >= 4 is 16.0 Å². The van der Waals surface area contributed by atoms with Crippen LogP contribution >= 0.6 is 0 Å². The molecule has 0 aliphatic rings. The number of rotatable bonds is 2. The average molecular weight is 207 g/mol. The molecule has 0 aromatic rings. The summed E-state index contributed by atoms with van der Waals surface area (Å²) in [7, 11) is -3.89. The first kappa shape index (κ1) is 14.4. The van der Waals surface area contributed by atoms with E-state index in [0.29, 0.717) is 5.57 Å². The molecule has 0 aliphatic carbocycles.